The second-order valence-corrected chi connectivity index (χ2v) is 3.42. The van der Waals surface area contributed by atoms with Crippen molar-refractivity contribution in [2.75, 3.05) is 6.54 Å². The first kappa shape index (κ1) is 12.8. The Labute approximate surface area is 98.3 Å². The standard InChI is InChI=1S/C11H14N2O4/c14-9-3-1-2-8(6-9)7-13-11(17)12-5-4-10(15)16/h1-3,6,14H,4-5,7H2,(H,15,16)(H2,12,13,17). The lowest BCUT2D eigenvalue weighted by molar-refractivity contribution is -0.136. The maximum atomic E-state index is 11.2. The summed E-state index contributed by atoms with van der Waals surface area (Å²) in [5, 5.41) is 22.5. The highest BCUT2D eigenvalue weighted by Gasteiger charge is 2.02. The molecule has 17 heavy (non-hydrogen) atoms. The van der Waals surface area contributed by atoms with Gasteiger partial charge in [-0.3, -0.25) is 4.79 Å². The van der Waals surface area contributed by atoms with E-state index in [1.54, 1.807) is 12.1 Å². The number of nitrogens with one attached hydrogen (secondary N) is 2. The van der Waals surface area contributed by atoms with Crippen molar-refractivity contribution in [3.05, 3.63) is 29.8 Å². The van der Waals surface area contributed by atoms with Crippen molar-refractivity contribution in [2.45, 2.75) is 13.0 Å². The Morgan fingerprint density at radius 2 is 2.00 bits per heavy atom. The highest BCUT2D eigenvalue weighted by atomic mass is 16.4. The first-order chi connectivity index (χ1) is 8.08. The lowest BCUT2D eigenvalue weighted by Crippen LogP contribution is -2.36. The number of urea groups is 1. The van der Waals surface area contributed by atoms with Crippen LogP contribution in [0.5, 0.6) is 5.75 Å². The zero-order valence-electron chi connectivity index (χ0n) is 9.14. The molecule has 1 rings (SSSR count). The molecule has 0 fully saturated rings. The zero-order valence-corrected chi connectivity index (χ0v) is 9.14. The van der Waals surface area contributed by atoms with E-state index in [1.165, 1.54) is 12.1 Å². The van der Waals surface area contributed by atoms with E-state index in [-0.39, 0.29) is 25.3 Å². The summed E-state index contributed by atoms with van der Waals surface area (Å²) in [7, 11) is 0. The monoisotopic (exact) mass is 238 g/mol. The first-order valence-electron chi connectivity index (χ1n) is 5.09. The van der Waals surface area contributed by atoms with Crippen LogP contribution in [-0.4, -0.2) is 28.8 Å². The number of carboxylic acid groups (broad SMARTS) is 1. The summed E-state index contributed by atoms with van der Waals surface area (Å²) < 4.78 is 0. The summed E-state index contributed by atoms with van der Waals surface area (Å²) in [6.07, 6.45) is -0.112. The van der Waals surface area contributed by atoms with E-state index in [4.69, 9.17) is 5.11 Å². The van der Waals surface area contributed by atoms with E-state index in [0.717, 1.165) is 5.56 Å². The van der Waals surface area contributed by atoms with Crippen molar-refractivity contribution in [2.24, 2.45) is 0 Å². The topological polar surface area (TPSA) is 98.7 Å². The number of hydrogen-bond acceptors (Lipinski definition) is 3. The second kappa shape index (κ2) is 6.37. The number of rotatable bonds is 5. The van der Waals surface area contributed by atoms with E-state index in [9.17, 15) is 14.7 Å². The maximum Gasteiger partial charge on any atom is 0.315 e. The molecule has 1 aromatic rings. The van der Waals surface area contributed by atoms with Crippen molar-refractivity contribution in [1.82, 2.24) is 10.6 Å². The Kier molecular flexibility index (Phi) is 4.80. The molecule has 0 aromatic heterocycles. The van der Waals surface area contributed by atoms with Crippen molar-refractivity contribution in [3.63, 3.8) is 0 Å². The average molecular weight is 238 g/mol. The van der Waals surface area contributed by atoms with Gasteiger partial charge in [-0.2, -0.15) is 0 Å². The quantitative estimate of drug-likeness (QED) is 0.605. The first-order valence-corrected chi connectivity index (χ1v) is 5.09. The van der Waals surface area contributed by atoms with Crippen LogP contribution in [0.4, 0.5) is 4.79 Å². The lowest BCUT2D eigenvalue weighted by atomic mass is 10.2. The predicted molar refractivity (Wildman–Crippen MR) is 60.6 cm³/mol. The van der Waals surface area contributed by atoms with E-state index in [0.29, 0.717) is 0 Å². The fourth-order valence-electron chi connectivity index (χ4n) is 1.19. The molecular weight excluding hydrogens is 224 g/mol. The number of aromatic hydroxyl groups is 1. The largest absolute Gasteiger partial charge is 0.508 e. The van der Waals surface area contributed by atoms with Crippen molar-refractivity contribution >= 4 is 12.0 Å². The van der Waals surface area contributed by atoms with Gasteiger partial charge in [0.2, 0.25) is 0 Å². The molecule has 92 valence electrons. The zero-order chi connectivity index (χ0) is 12.7. The van der Waals surface area contributed by atoms with Crippen LogP contribution < -0.4 is 10.6 Å². The molecule has 0 saturated carbocycles. The molecular formula is C11H14N2O4. The number of phenolic OH excluding ortho intramolecular Hbond substituents is 1. The van der Waals surface area contributed by atoms with Gasteiger partial charge in [0, 0.05) is 13.1 Å². The Hall–Kier alpha value is -2.24. The Morgan fingerprint density at radius 1 is 1.24 bits per heavy atom. The summed E-state index contributed by atoms with van der Waals surface area (Å²) in [6.45, 7) is 0.356. The van der Waals surface area contributed by atoms with E-state index < -0.39 is 12.0 Å². The molecule has 0 bridgehead atoms. The van der Waals surface area contributed by atoms with Crippen LogP contribution in [0.3, 0.4) is 0 Å². The molecule has 0 aliphatic carbocycles. The smallest absolute Gasteiger partial charge is 0.315 e. The summed E-state index contributed by atoms with van der Waals surface area (Å²) in [6, 6.07) is 6.08. The van der Waals surface area contributed by atoms with Gasteiger partial charge in [0.05, 0.1) is 6.42 Å². The minimum Gasteiger partial charge on any atom is -0.508 e. The summed E-state index contributed by atoms with van der Waals surface area (Å²) in [5.41, 5.74) is 0.762. The van der Waals surface area contributed by atoms with Crippen LogP contribution in [0.2, 0.25) is 0 Å². The maximum absolute atomic E-state index is 11.2. The predicted octanol–water partition coefficient (Wildman–Crippen LogP) is 0.666. The van der Waals surface area contributed by atoms with Gasteiger partial charge in [-0.1, -0.05) is 12.1 Å². The minimum absolute atomic E-state index is 0.0845. The SMILES string of the molecule is O=C(O)CCNC(=O)NCc1cccc(O)c1. The summed E-state index contributed by atoms with van der Waals surface area (Å²) >= 11 is 0. The lowest BCUT2D eigenvalue weighted by Gasteiger charge is -2.06. The molecule has 4 N–H and O–H groups in total. The molecule has 0 unspecified atom stereocenters. The van der Waals surface area contributed by atoms with Gasteiger partial charge in [-0.25, -0.2) is 4.79 Å². The number of hydrogen-bond donors (Lipinski definition) is 4. The number of carbonyl (C=O) groups excluding carboxylic acids is 1. The molecule has 1 aromatic carbocycles. The molecule has 0 spiro atoms. The van der Waals surface area contributed by atoms with Gasteiger partial charge in [-0.15, -0.1) is 0 Å². The second-order valence-electron chi connectivity index (χ2n) is 3.42. The van der Waals surface area contributed by atoms with Crippen LogP contribution in [0.25, 0.3) is 0 Å². The van der Waals surface area contributed by atoms with Crippen LogP contribution in [0.1, 0.15) is 12.0 Å². The molecule has 6 nitrogen and oxygen atoms in total. The summed E-state index contributed by atoms with van der Waals surface area (Å²) in [5.74, 6) is -0.825. The van der Waals surface area contributed by atoms with E-state index >= 15 is 0 Å². The van der Waals surface area contributed by atoms with Crippen molar-refractivity contribution < 1.29 is 19.8 Å². The van der Waals surface area contributed by atoms with Crippen LogP contribution >= 0.6 is 0 Å². The van der Waals surface area contributed by atoms with Gasteiger partial charge in [0.1, 0.15) is 5.75 Å². The van der Waals surface area contributed by atoms with Crippen LogP contribution in [0, 0.1) is 0 Å². The molecule has 0 aliphatic rings. The van der Waals surface area contributed by atoms with Gasteiger partial charge < -0.3 is 20.8 Å². The Bertz CT molecular complexity index is 406. The molecule has 0 atom stereocenters. The fraction of sp³-hybridized carbons (Fsp3) is 0.273. The Morgan fingerprint density at radius 3 is 2.65 bits per heavy atom. The van der Waals surface area contributed by atoms with Crippen LogP contribution in [0.15, 0.2) is 24.3 Å². The molecule has 6 heteroatoms. The summed E-state index contributed by atoms with van der Waals surface area (Å²) in [4.78, 5) is 21.4. The number of benzene rings is 1. The normalized spacial score (nSPS) is 9.65. The van der Waals surface area contributed by atoms with Crippen LogP contribution in [-0.2, 0) is 11.3 Å². The minimum atomic E-state index is -0.960. The van der Waals surface area contributed by atoms with E-state index in [2.05, 4.69) is 10.6 Å². The number of phenols is 1. The third kappa shape index (κ3) is 5.41. The Balaban J connectivity index is 2.26. The fourth-order valence-corrected chi connectivity index (χ4v) is 1.19. The highest BCUT2D eigenvalue weighted by Crippen LogP contribution is 2.10. The van der Waals surface area contributed by atoms with E-state index in [1.807, 2.05) is 0 Å². The highest BCUT2D eigenvalue weighted by molar-refractivity contribution is 5.74. The van der Waals surface area contributed by atoms with Gasteiger partial charge in [0.15, 0.2) is 0 Å². The van der Waals surface area contributed by atoms with Gasteiger partial charge in [-0.05, 0) is 17.7 Å². The number of carboxylic acids is 1. The number of amides is 2. The number of carbonyl (C=O) groups is 2. The molecule has 0 radical (unpaired) electrons. The van der Waals surface area contributed by atoms with Gasteiger partial charge in [0.25, 0.3) is 0 Å². The molecule has 0 saturated heterocycles. The molecule has 0 heterocycles. The van der Waals surface area contributed by atoms with Crippen molar-refractivity contribution in [1.29, 1.82) is 0 Å². The van der Waals surface area contributed by atoms with Crippen molar-refractivity contribution in [3.8, 4) is 5.75 Å². The number of aliphatic carboxylic acids is 1. The molecule has 2 amide bonds. The third-order valence-corrected chi connectivity index (χ3v) is 1.99. The molecule has 0 aliphatic heterocycles. The average Bonchev–Trinajstić information content (AvgIpc) is 2.26. The third-order valence-electron chi connectivity index (χ3n) is 1.99. The van der Waals surface area contributed by atoms with Gasteiger partial charge >= 0.3 is 12.0 Å².